The SMILES string of the molecule is c1ccc(Oc2nn(Oc3ccccc3)nc3nnnc2-3)cc1. The molecule has 112 valence electrons. The summed E-state index contributed by atoms with van der Waals surface area (Å²) in [4.78, 5) is 6.59. The minimum absolute atomic E-state index is 0.210. The molecule has 0 atom stereocenters. The second-order valence-electron chi connectivity index (χ2n) is 4.54. The Labute approximate surface area is 130 Å². The zero-order chi connectivity index (χ0) is 15.5. The van der Waals surface area contributed by atoms with E-state index in [0.29, 0.717) is 17.2 Å². The van der Waals surface area contributed by atoms with Crippen LogP contribution in [0.25, 0.3) is 11.5 Å². The molecule has 2 aromatic carbocycles. The minimum Gasteiger partial charge on any atom is -0.436 e. The summed E-state index contributed by atoms with van der Waals surface area (Å²) in [6, 6.07) is 18.4. The van der Waals surface area contributed by atoms with Gasteiger partial charge in [0.2, 0.25) is 11.5 Å². The van der Waals surface area contributed by atoms with Crippen molar-refractivity contribution in [1.29, 1.82) is 0 Å². The molecule has 4 rings (SSSR count). The summed E-state index contributed by atoms with van der Waals surface area (Å²) in [5, 5.41) is 19.6. The van der Waals surface area contributed by atoms with Gasteiger partial charge in [0.15, 0.2) is 5.75 Å². The number of ether oxygens (including phenoxy) is 1. The van der Waals surface area contributed by atoms with E-state index < -0.39 is 0 Å². The third kappa shape index (κ3) is 2.77. The third-order valence-electron chi connectivity index (χ3n) is 2.94. The maximum atomic E-state index is 5.73. The molecule has 2 aliphatic rings. The van der Waals surface area contributed by atoms with Crippen molar-refractivity contribution in [3.8, 4) is 28.9 Å². The second-order valence-corrected chi connectivity index (χ2v) is 4.54. The van der Waals surface area contributed by atoms with Crippen LogP contribution in [0.4, 0.5) is 0 Å². The number of para-hydroxylation sites is 2. The van der Waals surface area contributed by atoms with Gasteiger partial charge in [0.05, 0.1) is 0 Å². The van der Waals surface area contributed by atoms with E-state index in [9.17, 15) is 0 Å². The predicted octanol–water partition coefficient (Wildman–Crippen LogP) is 2.20. The summed E-state index contributed by atoms with van der Waals surface area (Å²) in [5.74, 6) is 1.68. The maximum Gasteiger partial charge on any atom is 0.274 e. The van der Waals surface area contributed by atoms with Gasteiger partial charge in [-0.3, -0.25) is 0 Å². The van der Waals surface area contributed by atoms with E-state index in [4.69, 9.17) is 9.57 Å². The molecule has 0 unspecified atom stereocenters. The van der Waals surface area contributed by atoms with Gasteiger partial charge in [-0.15, -0.1) is 10.2 Å². The Balaban J connectivity index is 1.71. The van der Waals surface area contributed by atoms with Gasteiger partial charge in [-0.25, -0.2) is 0 Å². The Hall–Kier alpha value is -3.55. The number of hydrogen-bond acceptors (Lipinski definition) is 7. The highest BCUT2D eigenvalue weighted by Gasteiger charge is 2.21. The third-order valence-corrected chi connectivity index (χ3v) is 2.94. The molecule has 2 aliphatic heterocycles. The van der Waals surface area contributed by atoms with Crippen molar-refractivity contribution in [1.82, 2.24) is 30.6 Å². The number of rotatable bonds is 4. The second kappa shape index (κ2) is 5.68. The van der Waals surface area contributed by atoms with E-state index in [2.05, 4.69) is 25.6 Å². The highest BCUT2D eigenvalue weighted by atomic mass is 16.7. The van der Waals surface area contributed by atoms with Gasteiger partial charge < -0.3 is 9.57 Å². The molecule has 0 amide bonds. The van der Waals surface area contributed by atoms with Crippen molar-refractivity contribution in [3.63, 3.8) is 0 Å². The van der Waals surface area contributed by atoms with E-state index in [-0.39, 0.29) is 11.7 Å². The highest BCUT2D eigenvalue weighted by Crippen LogP contribution is 2.27. The number of hydrogen-bond donors (Lipinski definition) is 0. The van der Waals surface area contributed by atoms with Crippen molar-refractivity contribution < 1.29 is 9.57 Å². The summed E-state index contributed by atoms with van der Waals surface area (Å²) < 4.78 is 5.73. The Kier molecular flexibility index (Phi) is 3.24. The van der Waals surface area contributed by atoms with Crippen molar-refractivity contribution in [2.24, 2.45) is 0 Å². The fourth-order valence-corrected chi connectivity index (χ4v) is 1.92. The van der Waals surface area contributed by atoms with Crippen LogP contribution in [0, 0.1) is 0 Å². The molecule has 0 bridgehead atoms. The first-order valence-corrected chi connectivity index (χ1v) is 6.81. The maximum absolute atomic E-state index is 5.73. The lowest BCUT2D eigenvalue weighted by molar-refractivity contribution is 0.127. The van der Waals surface area contributed by atoms with Crippen LogP contribution in [0.1, 0.15) is 0 Å². The molecule has 8 heteroatoms. The molecule has 8 nitrogen and oxygen atoms in total. The van der Waals surface area contributed by atoms with E-state index in [1.807, 2.05) is 36.4 Å². The van der Waals surface area contributed by atoms with Gasteiger partial charge >= 0.3 is 0 Å². The summed E-state index contributed by atoms with van der Waals surface area (Å²) >= 11 is 0. The van der Waals surface area contributed by atoms with Crippen LogP contribution in [0.2, 0.25) is 0 Å². The fourth-order valence-electron chi connectivity index (χ4n) is 1.92. The monoisotopic (exact) mass is 306 g/mol. The van der Waals surface area contributed by atoms with Crippen LogP contribution in [0.5, 0.6) is 17.4 Å². The Morgan fingerprint density at radius 1 is 0.739 bits per heavy atom. The quantitative estimate of drug-likeness (QED) is 0.571. The summed E-state index contributed by atoms with van der Waals surface area (Å²) in [5.41, 5.74) is 0.363. The first-order chi connectivity index (χ1) is 11.4. The zero-order valence-electron chi connectivity index (χ0n) is 11.8. The largest absolute Gasteiger partial charge is 0.436 e. The van der Waals surface area contributed by atoms with Crippen LogP contribution in [-0.2, 0) is 0 Å². The average molecular weight is 306 g/mol. The van der Waals surface area contributed by atoms with Crippen LogP contribution >= 0.6 is 0 Å². The smallest absolute Gasteiger partial charge is 0.274 e. The van der Waals surface area contributed by atoms with E-state index in [1.54, 1.807) is 24.3 Å². The molecular weight excluding hydrogens is 296 g/mol. The molecule has 0 aliphatic carbocycles. The summed E-state index contributed by atoms with van der Waals surface area (Å²) in [6.07, 6.45) is 0. The van der Waals surface area contributed by atoms with E-state index >= 15 is 0 Å². The molecule has 23 heavy (non-hydrogen) atoms. The van der Waals surface area contributed by atoms with E-state index in [0.717, 1.165) is 4.96 Å². The fraction of sp³-hybridized carbons (Fsp3) is 0. The van der Waals surface area contributed by atoms with Crippen LogP contribution in [0.15, 0.2) is 60.7 Å². The van der Waals surface area contributed by atoms with Crippen LogP contribution in [-0.4, -0.2) is 30.6 Å². The first kappa shape index (κ1) is 13.1. The van der Waals surface area contributed by atoms with Gasteiger partial charge in [0, 0.05) is 4.96 Å². The van der Waals surface area contributed by atoms with Crippen molar-refractivity contribution in [2.45, 2.75) is 0 Å². The molecule has 0 N–H and O–H groups in total. The predicted molar refractivity (Wildman–Crippen MR) is 79.0 cm³/mol. The lowest BCUT2D eigenvalue weighted by Crippen LogP contribution is -2.16. The molecule has 0 saturated heterocycles. The highest BCUT2D eigenvalue weighted by molar-refractivity contribution is 5.55. The van der Waals surface area contributed by atoms with Crippen molar-refractivity contribution in [3.05, 3.63) is 60.7 Å². The van der Waals surface area contributed by atoms with E-state index in [1.165, 1.54) is 0 Å². The molecule has 2 heterocycles. The Morgan fingerprint density at radius 2 is 1.43 bits per heavy atom. The van der Waals surface area contributed by atoms with Crippen LogP contribution < -0.4 is 9.57 Å². The minimum atomic E-state index is 0.210. The molecule has 0 spiro atoms. The molecule has 0 radical (unpaired) electrons. The summed E-state index contributed by atoms with van der Waals surface area (Å²) in [6.45, 7) is 0. The number of nitrogens with zero attached hydrogens (tertiary/aromatic N) is 6. The van der Waals surface area contributed by atoms with Gasteiger partial charge in [0.25, 0.3) is 5.88 Å². The molecule has 0 fully saturated rings. The topological polar surface area (TPSA) is 87.8 Å². The lowest BCUT2D eigenvalue weighted by Gasteiger charge is -2.10. The van der Waals surface area contributed by atoms with Crippen molar-refractivity contribution in [2.75, 3.05) is 0 Å². The van der Waals surface area contributed by atoms with Crippen molar-refractivity contribution >= 4 is 0 Å². The average Bonchev–Trinajstić information content (AvgIpc) is 3.05. The summed E-state index contributed by atoms with van der Waals surface area (Å²) in [7, 11) is 0. The molecular formula is C15H10N6O2. The lowest BCUT2D eigenvalue weighted by atomic mass is 10.3. The van der Waals surface area contributed by atoms with Crippen LogP contribution in [0.3, 0.4) is 0 Å². The van der Waals surface area contributed by atoms with Gasteiger partial charge in [0.1, 0.15) is 5.75 Å². The number of fused-ring (bicyclic) bond motifs is 1. The molecule has 0 saturated carbocycles. The van der Waals surface area contributed by atoms with Gasteiger partial charge in [-0.1, -0.05) is 46.6 Å². The Bertz CT molecular complexity index is 881. The van der Waals surface area contributed by atoms with Gasteiger partial charge in [-0.05, 0) is 29.5 Å². The van der Waals surface area contributed by atoms with Gasteiger partial charge in [-0.2, -0.15) is 0 Å². The number of benzene rings is 2. The number of aromatic nitrogens is 6. The molecule has 2 aromatic rings. The Morgan fingerprint density at radius 3 is 2.17 bits per heavy atom. The first-order valence-electron chi connectivity index (χ1n) is 6.81. The molecule has 0 aromatic heterocycles. The zero-order valence-corrected chi connectivity index (χ0v) is 11.8. The standard InChI is InChI=1S/C15H10N6O2/c1-3-7-11(8-4-1)22-15-13-14(17-20-16-13)18-21(19-15)23-12-9-5-2-6-10-12/h1-10H. The normalized spacial score (nSPS) is 10.6.